The summed E-state index contributed by atoms with van der Waals surface area (Å²) in [5.74, 6) is 0.501. The standard InChI is InChI=1S/C28H32F3N5O2/c1-34(2)11-4-14-38-24-8-6-20(16-33-24)19-5-7-22-21(15-19)25-23(17-32-22)35(3)26(37)27(25)9-12-36(13-10-27)18-28(29,30)31/h5-8,15-17H,4,9-14,18H2,1-3H3/p+1. The van der Waals surface area contributed by atoms with Crippen LogP contribution in [0.1, 0.15) is 24.8 Å². The zero-order valence-corrected chi connectivity index (χ0v) is 21.9. The summed E-state index contributed by atoms with van der Waals surface area (Å²) < 4.78 is 44.7. The molecule has 0 bridgehead atoms. The molecule has 3 aromatic rings. The van der Waals surface area contributed by atoms with E-state index < -0.39 is 18.1 Å². The minimum Gasteiger partial charge on any atom is -0.477 e. The van der Waals surface area contributed by atoms with Crippen LogP contribution in [0.2, 0.25) is 0 Å². The Morgan fingerprint density at radius 2 is 1.79 bits per heavy atom. The predicted molar refractivity (Wildman–Crippen MR) is 140 cm³/mol. The normalized spacial score (nSPS) is 17.6. The molecule has 2 aliphatic heterocycles. The van der Waals surface area contributed by atoms with Crippen LogP contribution in [0, 0.1) is 0 Å². The van der Waals surface area contributed by atoms with Gasteiger partial charge in [0.05, 0.1) is 56.6 Å². The Kier molecular flexibility index (Phi) is 7.04. The quantitative estimate of drug-likeness (QED) is 0.478. The van der Waals surface area contributed by atoms with Gasteiger partial charge >= 0.3 is 6.18 Å². The number of fused-ring (bicyclic) bond motifs is 4. The summed E-state index contributed by atoms with van der Waals surface area (Å²) in [6.07, 6.45) is 0.838. The molecule has 1 spiro atoms. The molecular formula is C28H33F3N5O2+. The smallest absolute Gasteiger partial charge is 0.401 e. The molecule has 1 fully saturated rings. The number of quaternary nitrogens is 1. The maximum Gasteiger partial charge on any atom is 0.401 e. The van der Waals surface area contributed by atoms with Gasteiger partial charge in [0.25, 0.3) is 0 Å². The number of halogens is 3. The Balaban J connectivity index is 1.44. The van der Waals surface area contributed by atoms with Gasteiger partial charge in [-0.3, -0.25) is 14.7 Å². The van der Waals surface area contributed by atoms with Gasteiger partial charge in [-0.2, -0.15) is 13.2 Å². The van der Waals surface area contributed by atoms with Crippen LogP contribution >= 0.6 is 0 Å². The van der Waals surface area contributed by atoms with E-state index in [1.807, 2.05) is 30.3 Å². The lowest BCUT2D eigenvalue weighted by molar-refractivity contribution is -0.858. The number of piperidine rings is 1. The second-order valence-corrected chi connectivity index (χ2v) is 10.6. The lowest BCUT2D eigenvalue weighted by atomic mass is 9.72. The molecule has 1 saturated heterocycles. The average Bonchev–Trinajstić information content (AvgIpc) is 3.09. The number of likely N-dealkylation sites (N-methyl/N-ethyl adjacent to an activating group) is 1. The number of carbonyl (C=O) groups is 1. The Bertz CT molecular complexity index is 1320. The molecule has 10 heteroatoms. The summed E-state index contributed by atoms with van der Waals surface area (Å²) >= 11 is 0. The Morgan fingerprint density at radius 3 is 2.45 bits per heavy atom. The van der Waals surface area contributed by atoms with Crippen LogP contribution in [-0.4, -0.2) is 80.9 Å². The number of likely N-dealkylation sites (tertiary alicyclic amines) is 1. The number of ether oxygens (including phenoxy) is 1. The third-order valence-corrected chi connectivity index (χ3v) is 7.66. The number of rotatable bonds is 7. The zero-order valence-electron chi connectivity index (χ0n) is 21.9. The van der Waals surface area contributed by atoms with Crippen molar-refractivity contribution in [2.75, 3.05) is 58.8 Å². The molecule has 202 valence electrons. The maximum absolute atomic E-state index is 13.5. The van der Waals surface area contributed by atoms with Gasteiger partial charge in [-0.1, -0.05) is 6.07 Å². The van der Waals surface area contributed by atoms with E-state index in [9.17, 15) is 18.0 Å². The minimum atomic E-state index is -4.26. The van der Waals surface area contributed by atoms with Crippen LogP contribution in [0.5, 0.6) is 5.88 Å². The number of amides is 1. The molecule has 0 radical (unpaired) electrons. The van der Waals surface area contributed by atoms with Gasteiger partial charge in [0, 0.05) is 42.2 Å². The third kappa shape index (κ3) is 5.07. The van der Waals surface area contributed by atoms with E-state index in [1.165, 1.54) is 9.80 Å². The van der Waals surface area contributed by atoms with Crippen LogP contribution in [0.15, 0.2) is 42.7 Å². The van der Waals surface area contributed by atoms with Crippen molar-refractivity contribution >= 4 is 22.5 Å². The first-order valence-electron chi connectivity index (χ1n) is 13.0. The first-order chi connectivity index (χ1) is 18.1. The highest BCUT2D eigenvalue weighted by Gasteiger charge is 2.52. The fourth-order valence-electron chi connectivity index (χ4n) is 5.71. The maximum atomic E-state index is 13.5. The molecule has 0 atom stereocenters. The van der Waals surface area contributed by atoms with Gasteiger partial charge < -0.3 is 14.5 Å². The number of nitrogens with one attached hydrogen (secondary N) is 1. The Labute approximate surface area is 220 Å². The van der Waals surface area contributed by atoms with Gasteiger partial charge in [-0.25, -0.2) is 4.98 Å². The highest BCUT2D eigenvalue weighted by Crippen LogP contribution is 2.50. The van der Waals surface area contributed by atoms with Crippen LogP contribution < -0.4 is 14.5 Å². The molecule has 0 aliphatic carbocycles. The number of aromatic nitrogens is 2. The number of carbonyl (C=O) groups excluding carboxylic acids is 1. The second-order valence-electron chi connectivity index (χ2n) is 10.6. The van der Waals surface area contributed by atoms with Crippen molar-refractivity contribution in [2.24, 2.45) is 0 Å². The molecule has 4 heterocycles. The number of hydrogen-bond donors (Lipinski definition) is 1. The van der Waals surface area contributed by atoms with Crippen molar-refractivity contribution in [1.29, 1.82) is 0 Å². The molecule has 1 amide bonds. The summed E-state index contributed by atoms with van der Waals surface area (Å²) in [5, 5.41) is 0.855. The number of hydrogen-bond acceptors (Lipinski definition) is 5. The summed E-state index contributed by atoms with van der Waals surface area (Å²) in [6, 6.07) is 9.73. The van der Waals surface area contributed by atoms with E-state index >= 15 is 0 Å². The van der Waals surface area contributed by atoms with Gasteiger partial charge in [0.1, 0.15) is 0 Å². The Morgan fingerprint density at radius 1 is 1.05 bits per heavy atom. The molecule has 0 unspecified atom stereocenters. The van der Waals surface area contributed by atoms with E-state index in [4.69, 9.17) is 4.74 Å². The van der Waals surface area contributed by atoms with Crippen LogP contribution in [0.4, 0.5) is 18.9 Å². The fraction of sp³-hybridized carbons (Fsp3) is 0.464. The van der Waals surface area contributed by atoms with E-state index in [0.29, 0.717) is 25.3 Å². The molecule has 0 saturated carbocycles. The second kappa shape index (κ2) is 10.1. The Hall–Kier alpha value is -3.24. The van der Waals surface area contributed by atoms with Crippen LogP contribution in [-0.2, 0) is 10.2 Å². The monoisotopic (exact) mass is 528 g/mol. The summed E-state index contributed by atoms with van der Waals surface area (Å²) in [7, 11) is 5.93. The molecular weight excluding hydrogens is 495 g/mol. The zero-order chi connectivity index (χ0) is 27.1. The van der Waals surface area contributed by atoms with Crippen molar-refractivity contribution in [2.45, 2.75) is 30.9 Å². The fourth-order valence-corrected chi connectivity index (χ4v) is 5.71. The number of alkyl halides is 3. The van der Waals surface area contributed by atoms with Crippen LogP contribution in [0.25, 0.3) is 22.0 Å². The number of nitrogens with zero attached hydrogens (tertiary/aromatic N) is 4. The van der Waals surface area contributed by atoms with E-state index in [2.05, 4.69) is 24.1 Å². The van der Waals surface area contributed by atoms with E-state index in [-0.39, 0.29) is 19.0 Å². The van der Waals surface area contributed by atoms with Crippen molar-refractivity contribution < 1.29 is 27.6 Å². The molecule has 2 aromatic heterocycles. The topological polar surface area (TPSA) is 63.0 Å². The van der Waals surface area contributed by atoms with Crippen LogP contribution in [0.3, 0.4) is 0 Å². The first-order valence-corrected chi connectivity index (χ1v) is 13.0. The SMILES string of the molecule is CN1C(=O)C2(CCN(CC(F)(F)F)CC2)c2c1cnc1ccc(-c3ccc(OCCC[NH+](C)C)nc3)cc21. The molecule has 1 N–H and O–H groups in total. The van der Waals surface area contributed by atoms with Crippen molar-refractivity contribution in [3.63, 3.8) is 0 Å². The number of pyridine rings is 2. The first kappa shape index (κ1) is 26.4. The summed E-state index contributed by atoms with van der Waals surface area (Å²) in [6.45, 7) is 1.10. The lowest BCUT2D eigenvalue weighted by Crippen LogP contribution is -3.05. The molecule has 5 rings (SSSR count). The highest BCUT2D eigenvalue weighted by atomic mass is 19.4. The number of benzene rings is 1. The minimum absolute atomic E-state index is 0.0714. The number of anilines is 1. The van der Waals surface area contributed by atoms with Gasteiger partial charge in [0.15, 0.2) is 0 Å². The van der Waals surface area contributed by atoms with Gasteiger partial charge in [-0.15, -0.1) is 0 Å². The van der Waals surface area contributed by atoms with Crippen molar-refractivity contribution in [3.05, 3.63) is 48.3 Å². The average molecular weight is 529 g/mol. The summed E-state index contributed by atoms with van der Waals surface area (Å²) in [4.78, 5) is 27.0. The van der Waals surface area contributed by atoms with Gasteiger partial charge in [-0.05, 0) is 49.7 Å². The van der Waals surface area contributed by atoms with E-state index in [1.54, 1.807) is 24.3 Å². The van der Waals surface area contributed by atoms with Crippen molar-refractivity contribution in [3.8, 4) is 17.0 Å². The molecule has 7 nitrogen and oxygen atoms in total. The van der Waals surface area contributed by atoms with Crippen molar-refractivity contribution in [1.82, 2.24) is 14.9 Å². The third-order valence-electron chi connectivity index (χ3n) is 7.66. The largest absolute Gasteiger partial charge is 0.477 e. The molecule has 38 heavy (non-hydrogen) atoms. The summed E-state index contributed by atoms with van der Waals surface area (Å²) in [5.41, 5.74) is 3.33. The predicted octanol–water partition coefficient (Wildman–Crippen LogP) is 3.08. The molecule has 2 aliphatic rings. The lowest BCUT2D eigenvalue weighted by Gasteiger charge is -2.38. The molecule has 1 aromatic carbocycles. The highest BCUT2D eigenvalue weighted by molar-refractivity contribution is 6.12. The van der Waals surface area contributed by atoms with Gasteiger partial charge in [0.2, 0.25) is 11.8 Å². The van der Waals surface area contributed by atoms with E-state index in [0.717, 1.165) is 46.2 Å².